The van der Waals surface area contributed by atoms with Crippen molar-refractivity contribution in [3.8, 4) is 0 Å². The number of rotatable bonds is 4. The predicted octanol–water partition coefficient (Wildman–Crippen LogP) is 2.48. The maximum Gasteiger partial charge on any atom is 0.272 e. The van der Waals surface area contributed by atoms with Gasteiger partial charge in [-0.25, -0.2) is 0 Å². The number of carbonyl (C=O) groups is 2. The van der Waals surface area contributed by atoms with Gasteiger partial charge in [-0.1, -0.05) is 26.0 Å². The van der Waals surface area contributed by atoms with E-state index in [1.165, 1.54) is 5.56 Å². The molecule has 0 aliphatic carbocycles. The van der Waals surface area contributed by atoms with Gasteiger partial charge in [0, 0.05) is 36.3 Å². The molecule has 0 atom stereocenters. The highest BCUT2D eigenvalue weighted by atomic mass is 16.2. The molecule has 0 saturated heterocycles. The summed E-state index contributed by atoms with van der Waals surface area (Å²) in [4.78, 5) is 26.7. The summed E-state index contributed by atoms with van der Waals surface area (Å²) < 4.78 is 0. The first kappa shape index (κ1) is 17.2. The fourth-order valence-corrected chi connectivity index (χ4v) is 3.09. The van der Waals surface area contributed by atoms with Gasteiger partial charge in [0.25, 0.3) is 11.8 Å². The molecule has 25 heavy (non-hydrogen) atoms. The second-order valence-electron chi connectivity index (χ2n) is 6.64. The number of hydrogen-bond donors (Lipinski definition) is 2. The largest absolute Gasteiger partial charge is 0.351 e. The molecule has 0 spiro atoms. The van der Waals surface area contributed by atoms with Gasteiger partial charge >= 0.3 is 0 Å². The highest BCUT2D eigenvalue weighted by Crippen LogP contribution is 2.23. The molecule has 0 radical (unpaired) electrons. The van der Waals surface area contributed by atoms with Gasteiger partial charge in [-0.3, -0.25) is 14.7 Å². The van der Waals surface area contributed by atoms with Crippen molar-refractivity contribution in [3.63, 3.8) is 0 Å². The van der Waals surface area contributed by atoms with E-state index in [0.717, 1.165) is 11.3 Å². The van der Waals surface area contributed by atoms with Crippen molar-refractivity contribution in [2.45, 2.75) is 39.7 Å². The van der Waals surface area contributed by atoms with Gasteiger partial charge in [0.15, 0.2) is 5.69 Å². The quantitative estimate of drug-likeness (QED) is 0.897. The summed E-state index contributed by atoms with van der Waals surface area (Å²) in [5, 5.41) is 9.84. The molecule has 132 valence electrons. The number of aromatic nitrogens is 2. The molecule has 1 aromatic carbocycles. The molecule has 2 heterocycles. The normalized spacial score (nSPS) is 13.7. The molecule has 0 bridgehead atoms. The third-order valence-electron chi connectivity index (χ3n) is 4.60. The number of fused-ring (bicyclic) bond motifs is 1. The lowest BCUT2D eigenvalue weighted by Crippen LogP contribution is -2.37. The van der Waals surface area contributed by atoms with Crippen LogP contribution in [0.3, 0.4) is 0 Å². The minimum Gasteiger partial charge on any atom is -0.351 e. The molecule has 0 unspecified atom stereocenters. The van der Waals surface area contributed by atoms with E-state index in [0.29, 0.717) is 43.2 Å². The lowest BCUT2D eigenvalue weighted by atomic mass is 10.0. The molecule has 2 N–H and O–H groups in total. The maximum absolute atomic E-state index is 12.8. The second-order valence-corrected chi connectivity index (χ2v) is 6.64. The van der Waals surface area contributed by atoms with E-state index in [9.17, 15) is 9.59 Å². The van der Waals surface area contributed by atoms with Crippen LogP contribution in [0.2, 0.25) is 0 Å². The Bertz CT molecular complexity index is 777. The molecule has 6 nitrogen and oxygen atoms in total. The molecule has 0 fully saturated rings. The van der Waals surface area contributed by atoms with Crippen molar-refractivity contribution in [1.29, 1.82) is 0 Å². The number of nitrogens with one attached hydrogen (secondary N) is 2. The lowest BCUT2D eigenvalue weighted by Gasteiger charge is -2.27. The Morgan fingerprint density at radius 3 is 2.64 bits per heavy atom. The smallest absolute Gasteiger partial charge is 0.272 e. The van der Waals surface area contributed by atoms with Crippen molar-refractivity contribution < 1.29 is 9.59 Å². The molecule has 0 saturated carbocycles. The number of amides is 2. The van der Waals surface area contributed by atoms with Crippen LogP contribution < -0.4 is 5.32 Å². The maximum atomic E-state index is 12.8. The van der Waals surface area contributed by atoms with E-state index in [2.05, 4.69) is 29.4 Å². The van der Waals surface area contributed by atoms with Crippen molar-refractivity contribution in [3.05, 3.63) is 52.3 Å². The SMILES string of the molecule is CCNC(=O)c1n[nH]c2c1CN(C(=O)c1ccc(C(C)C)cc1)CC2. The van der Waals surface area contributed by atoms with E-state index < -0.39 is 0 Å². The molecule has 6 heteroatoms. The van der Waals surface area contributed by atoms with Crippen LogP contribution in [-0.2, 0) is 13.0 Å². The summed E-state index contributed by atoms with van der Waals surface area (Å²) in [6.45, 7) is 7.70. The first-order valence-corrected chi connectivity index (χ1v) is 8.74. The van der Waals surface area contributed by atoms with Crippen LogP contribution in [-0.4, -0.2) is 40.0 Å². The Kier molecular flexibility index (Phi) is 4.88. The third kappa shape index (κ3) is 3.43. The second kappa shape index (κ2) is 7.09. The fraction of sp³-hybridized carbons (Fsp3) is 0.421. The van der Waals surface area contributed by atoms with E-state index >= 15 is 0 Å². The standard InChI is InChI=1S/C19H24N4O2/c1-4-20-18(24)17-15-11-23(10-9-16(15)21-22-17)19(25)14-7-5-13(6-8-14)12(2)3/h5-8,12H,4,9-11H2,1-3H3,(H,20,24)(H,21,22). The summed E-state index contributed by atoms with van der Waals surface area (Å²) in [7, 11) is 0. The zero-order valence-corrected chi connectivity index (χ0v) is 14.9. The van der Waals surface area contributed by atoms with E-state index in [4.69, 9.17) is 0 Å². The monoisotopic (exact) mass is 340 g/mol. The van der Waals surface area contributed by atoms with Gasteiger partial charge in [0.1, 0.15) is 0 Å². The molecular weight excluding hydrogens is 316 g/mol. The Balaban J connectivity index is 1.78. The number of nitrogens with zero attached hydrogens (tertiary/aromatic N) is 2. The molecule has 1 aliphatic heterocycles. The zero-order valence-electron chi connectivity index (χ0n) is 14.9. The van der Waals surface area contributed by atoms with Crippen LogP contribution in [0, 0.1) is 0 Å². The minimum absolute atomic E-state index is 0.0102. The van der Waals surface area contributed by atoms with Gasteiger partial charge in [-0.2, -0.15) is 5.10 Å². The highest BCUT2D eigenvalue weighted by molar-refractivity contribution is 5.96. The van der Waals surface area contributed by atoms with Crippen LogP contribution in [0.15, 0.2) is 24.3 Å². The van der Waals surface area contributed by atoms with Crippen molar-refractivity contribution in [1.82, 2.24) is 20.4 Å². The van der Waals surface area contributed by atoms with Crippen molar-refractivity contribution in [2.75, 3.05) is 13.1 Å². The summed E-state index contributed by atoms with van der Waals surface area (Å²) in [5.41, 5.74) is 4.05. The number of hydrogen-bond acceptors (Lipinski definition) is 3. The third-order valence-corrected chi connectivity index (χ3v) is 4.60. The molecule has 2 aromatic rings. The Morgan fingerprint density at radius 2 is 2.00 bits per heavy atom. The Morgan fingerprint density at radius 1 is 1.28 bits per heavy atom. The molecular formula is C19H24N4O2. The molecule has 2 amide bonds. The van der Waals surface area contributed by atoms with Gasteiger partial charge in [-0.15, -0.1) is 0 Å². The summed E-state index contributed by atoms with van der Waals surface area (Å²) in [5.74, 6) is 0.229. The molecule has 1 aliphatic rings. The summed E-state index contributed by atoms with van der Waals surface area (Å²) >= 11 is 0. The lowest BCUT2D eigenvalue weighted by molar-refractivity contribution is 0.0731. The number of aromatic amines is 1. The fourth-order valence-electron chi connectivity index (χ4n) is 3.09. The van der Waals surface area contributed by atoms with E-state index in [1.807, 2.05) is 31.2 Å². The molecule has 3 rings (SSSR count). The van der Waals surface area contributed by atoms with Crippen LogP contribution in [0.1, 0.15) is 64.4 Å². The average molecular weight is 340 g/mol. The summed E-state index contributed by atoms with van der Waals surface area (Å²) in [6, 6.07) is 7.77. The molecule has 1 aromatic heterocycles. The number of carbonyl (C=O) groups excluding carboxylic acids is 2. The first-order chi connectivity index (χ1) is 12.0. The zero-order chi connectivity index (χ0) is 18.0. The van der Waals surface area contributed by atoms with Gasteiger partial charge in [0.2, 0.25) is 0 Å². The van der Waals surface area contributed by atoms with Gasteiger partial charge < -0.3 is 10.2 Å². The van der Waals surface area contributed by atoms with Crippen LogP contribution in [0.4, 0.5) is 0 Å². The first-order valence-electron chi connectivity index (χ1n) is 8.74. The highest BCUT2D eigenvalue weighted by Gasteiger charge is 2.28. The Labute approximate surface area is 147 Å². The minimum atomic E-state index is -0.199. The van der Waals surface area contributed by atoms with Gasteiger partial charge in [0.05, 0.1) is 6.54 Å². The summed E-state index contributed by atoms with van der Waals surface area (Å²) in [6.07, 6.45) is 0.678. The van der Waals surface area contributed by atoms with Crippen LogP contribution in [0.25, 0.3) is 0 Å². The van der Waals surface area contributed by atoms with E-state index in [-0.39, 0.29) is 11.8 Å². The average Bonchev–Trinajstić information content (AvgIpc) is 3.04. The number of benzene rings is 1. The van der Waals surface area contributed by atoms with Gasteiger partial charge in [-0.05, 0) is 30.5 Å². The predicted molar refractivity (Wildman–Crippen MR) is 95.6 cm³/mol. The van der Waals surface area contributed by atoms with E-state index in [1.54, 1.807) is 4.90 Å². The topological polar surface area (TPSA) is 78.1 Å². The Hall–Kier alpha value is -2.63. The number of H-pyrrole nitrogens is 1. The van der Waals surface area contributed by atoms with Crippen LogP contribution in [0.5, 0.6) is 0 Å². The van der Waals surface area contributed by atoms with Crippen LogP contribution >= 0.6 is 0 Å². The van der Waals surface area contributed by atoms with Crippen molar-refractivity contribution in [2.24, 2.45) is 0 Å². The van der Waals surface area contributed by atoms with Crippen molar-refractivity contribution >= 4 is 11.8 Å².